The molecule has 2 N–H and O–H groups in total. The molecule has 0 spiro atoms. The normalized spacial score (nSPS) is 11.2. The average Bonchev–Trinajstić information content (AvgIpc) is 3.17. The van der Waals surface area contributed by atoms with Crippen LogP contribution < -0.4 is 4.74 Å². The van der Waals surface area contributed by atoms with Crippen LogP contribution in [-0.4, -0.2) is 22.2 Å². The number of hydrogen-bond acceptors (Lipinski definition) is 3. The molecule has 4 heteroatoms. The molecule has 5 rings (SSSR count). The lowest BCUT2D eigenvalue weighted by Gasteiger charge is -2.09. The van der Waals surface area contributed by atoms with E-state index < -0.39 is 0 Å². The quantitative estimate of drug-likeness (QED) is 0.426. The number of phenols is 1. The van der Waals surface area contributed by atoms with Gasteiger partial charge in [-0.1, -0.05) is 48.5 Å². The van der Waals surface area contributed by atoms with Crippen molar-refractivity contribution in [3.05, 3.63) is 78.9 Å². The van der Waals surface area contributed by atoms with Crippen molar-refractivity contribution in [2.45, 2.75) is 0 Å². The van der Waals surface area contributed by atoms with Crippen molar-refractivity contribution < 1.29 is 9.84 Å². The van der Waals surface area contributed by atoms with Crippen LogP contribution >= 0.6 is 0 Å². The standard InChI is InChI=1S/C24H18N2O2/c1-28-23-14-16(10-12-22(23)27)15-9-11-18-17(13-15)5-4-6-19(18)24-25-20-7-2-3-8-21(20)26-24/h2-14,27H,1H3,(H,25,26). The Balaban J connectivity index is 1.64. The third-order valence-electron chi connectivity index (χ3n) is 5.04. The molecule has 5 aromatic rings. The first-order chi connectivity index (χ1) is 13.7. The molecule has 0 fully saturated rings. The van der Waals surface area contributed by atoms with Gasteiger partial charge in [0, 0.05) is 5.56 Å². The molecule has 0 radical (unpaired) electrons. The van der Waals surface area contributed by atoms with Crippen LogP contribution in [0.3, 0.4) is 0 Å². The fourth-order valence-corrected chi connectivity index (χ4v) is 3.61. The number of benzene rings is 4. The maximum absolute atomic E-state index is 9.84. The molecule has 0 unspecified atom stereocenters. The third-order valence-corrected chi connectivity index (χ3v) is 5.04. The molecule has 4 aromatic carbocycles. The van der Waals surface area contributed by atoms with Gasteiger partial charge in [0.2, 0.25) is 0 Å². The summed E-state index contributed by atoms with van der Waals surface area (Å²) < 4.78 is 5.24. The highest BCUT2D eigenvalue weighted by Gasteiger charge is 2.10. The number of fused-ring (bicyclic) bond motifs is 2. The number of aromatic amines is 1. The lowest BCUT2D eigenvalue weighted by atomic mass is 9.98. The van der Waals surface area contributed by atoms with Crippen LogP contribution in [0.25, 0.3) is 44.3 Å². The smallest absolute Gasteiger partial charge is 0.161 e. The molecule has 0 atom stereocenters. The zero-order valence-corrected chi connectivity index (χ0v) is 15.3. The predicted molar refractivity (Wildman–Crippen MR) is 113 cm³/mol. The Bertz CT molecular complexity index is 1290. The minimum Gasteiger partial charge on any atom is -0.504 e. The number of imidazole rings is 1. The number of hydrogen-bond donors (Lipinski definition) is 2. The van der Waals surface area contributed by atoms with E-state index in [1.54, 1.807) is 13.2 Å². The van der Waals surface area contributed by atoms with E-state index in [4.69, 9.17) is 9.72 Å². The monoisotopic (exact) mass is 366 g/mol. The number of rotatable bonds is 3. The van der Waals surface area contributed by atoms with E-state index in [1.165, 1.54) is 0 Å². The van der Waals surface area contributed by atoms with Crippen molar-refractivity contribution in [3.63, 3.8) is 0 Å². The van der Waals surface area contributed by atoms with Crippen LogP contribution in [0, 0.1) is 0 Å². The minimum absolute atomic E-state index is 0.138. The van der Waals surface area contributed by atoms with E-state index in [0.29, 0.717) is 5.75 Å². The van der Waals surface area contributed by atoms with Gasteiger partial charge >= 0.3 is 0 Å². The second-order valence-corrected chi connectivity index (χ2v) is 6.73. The van der Waals surface area contributed by atoms with Crippen LogP contribution in [0.15, 0.2) is 78.9 Å². The number of ether oxygens (including phenoxy) is 1. The topological polar surface area (TPSA) is 58.1 Å². The molecule has 1 heterocycles. The van der Waals surface area contributed by atoms with Gasteiger partial charge in [0.05, 0.1) is 18.1 Å². The van der Waals surface area contributed by atoms with E-state index in [0.717, 1.165) is 44.3 Å². The highest BCUT2D eigenvalue weighted by Crippen LogP contribution is 2.34. The molecule has 136 valence electrons. The highest BCUT2D eigenvalue weighted by atomic mass is 16.5. The fourth-order valence-electron chi connectivity index (χ4n) is 3.61. The molecule has 0 aliphatic carbocycles. The van der Waals surface area contributed by atoms with Crippen LogP contribution in [0.2, 0.25) is 0 Å². The van der Waals surface area contributed by atoms with Crippen LogP contribution in [-0.2, 0) is 0 Å². The largest absolute Gasteiger partial charge is 0.504 e. The number of methoxy groups -OCH3 is 1. The summed E-state index contributed by atoms with van der Waals surface area (Å²) in [5, 5.41) is 12.1. The molecule has 0 saturated carbocycles. The molecule has 0 bridgehead atoms. The first-order valence-electron chi connectivity index (χ1n) is 9.08. The Morgan fingerprint density at radius 1 is 0.857 bits per heavy atom. The average molecular weight is 366 g/mol. The van der Waals surface area contributed by atoms with Gasteiger partial charge in [0.1, 0.15) is 5.82 Å². The SMILES string of the molecule is COc1cc(-c2ccc3c(-c4nc5ccccc5[nH]4)cccc3c2)ccc1O. The van der Waals surface area contributed by atoms with Gasteiger partial charge in [-0.15, -0.1) is 0 Å². The van der Waals surface area contributed by atoms with E-state index in [9.17, 15) is 5.11 Å². The fraction of sp³-hybridized carbons (Fsp3) is 0.0417. The first kappa shape index (κ1) is 16.4. The summed E-state index contributed by atoms with van der Waals surface area (Å²) in [4.78, 5) is 8.16. The lowest BCUT2D eigenvalue weighted by molar-refractivity contribution is 0.373. The molecular formula is C24H18N2O2. The first-order valence-corrected chi connectivity index (χ1v) is 9.08. The Morgan fingerprint density at radius 3 is 2.54 bits per heavy atom. The van der Waals surface area contributed by atoms with Crippen LogP contribution in [0.5, 0.6) is 11.5 Å². The number of para-hydroxylation sites is 2. The van der Waals surface area contributed by atoms with Gasteiger partial charge in [-0.2, -0.15) is 0 Å². The van der Waals surface area contributed by atoms with Gasteiger partial charge in [0.25, 0.3) is 0 Å². The van der Waals surface area contributed by atoms with Crippen molar-refractivity contribution in [2.24, 2.45) is 0 Å². The number of H-pyrrole nitrogens is 1. The summed E-state index contributed by atoms with van der Waals surface area (Å²) >= 11 is 0. The Labute approximate surface area is 162 Å². The summed E-state index contributed by atoms with van der Waals surface area (Å²) in [6.45, 7) is 0. The van der Waals surface area contributed by atoms with Gasteiger partial charge in [0.15, 0.2) is 11.5 Å². The summed E-state index contributed by atoms with van der Waals surface area (Å²) in [5.41, 5.74) is 5.12. The highest BCUT2D eigenvalue weighted by molar-refractivity contribution is 5.98. The molecule has 0 saturated heterocycles. The number of nitrogens with zero attached hydrogens (tertiary/aromatic N) is 1. The van der Waals surface area contributed by atoms with Gasteiger partial charge in [-0.25, -0.2) is 4.98 Å². The zero-order chi connectivity index (χ0) is 19.1. The van der Waals surface area contributed by atoms with Crippen molar-refractivity contribution >= 4 is 21.8 Å². The summed E-state index contributed by atoms with van der Waals surface area (Å²) in [6.07, 6.45) is 0. The maximum Gasteiger partial charge on any atom is 0.161 e. The van der Waals surface area contributed by atoms with Gasteiger partial charge in [-0.05, 0) is 52.2 Å². The number of aromatic hydroxyl groups is 1. The Morgan fingerprint density at radius 2 is 1.68 bits per heavy atom. The van der Waals surface area contributed by atoms with Gasteiger partial charge < -0.3 is 14.8 Å². The Kier molecular flexibility index (Phi) is 3.76. The molecule has 28 heavy (non-hydrogen) atoms. The zero-order valence-electron chi connectivity index (χ0n) is 15.3. The van der Waals surface area contributed by atoms with Crippen molar-refractivity contribution in [2.75, 3.05) is 7.11 Å². The second-order valence-electron chi connectivity index (χ2n) is 6.73. The van der Waals surface area contributed by atoms with Crippen molar-refractivity contribution in [1.82, 2.24) is 9.97 Å². The van der Waals surface area contributed by atoms with Crippen LogP contribution in [0.4, 0.5) is 0 Å². The number of phenolic OH excluding ortho intramolecular Hbond substituents is 1. The summed E-state index contributed by atoms with van der Waals surface area (Å²) in [5.74, 6) is 1.47. The molecule has 0 aliphatic heterocycles. The minimum atomic E-state index is 0.138. The van der Waals surface area contributed by atoms with Crippen molar-refractivity contribution in [1.29, 1.82) is 0 Å². The molecule has 0 amide bonds. The molecule has 4 nitrogen and oxygen atoms in total. The van der Waals surface area contributed by atoms with Crippen molar-refractivity contribution in [3.8, 4) is 34.0 Å². The molecule has 1 aromatic heterocycles. The third kappa shape index (κ3) is 2.67. The number of nitrogens with one attached hydrogen (secondary N) is 1. The number of aromatic nitrogens is 2. The summed E-state index contributed by atoms with van der Waals surface area (Å²) in [6, 6.07) is 26.0. The molecular weight excluding hydrogens is 348 g/mol. The van der Waals surface area contributed by atoms with Gasteiger partial charge in [-0.3, -0.25) is 0 Å². The predicted octanol–water partition coefficient (Wildman–Crippen LogP) is 5.76. The van der Waals surface area contributed by atoms with E-state index in [-0.39, 0.29) is 5.75 Å². The molecule has 0 aliphatic rings. The second kappa shape index (κ2) is 6.43. The van der Waals surface area contributed by atoms with E-state index in [1.807, 2.05) is 42.5 Å². The maximum atomic E-state index is 9.84. The lowest BCUT2D eigenvalue weighted by Crippen LogP contribution is -1.87. The van der Waals surface area contributed by atoms with E-state index >= 15 is 0 Å². The van der Waals surface area contributed by atoms with Crippen LogP contribution in [0.1, 0.15) is 0 Å². The Hall–Kier alpha value is -3.79. The summed E-state index contributed by atoms with van der Waals surface area (Å²) in [7, 11) is 1.55. The van der Waals surface area contributed by atoms with E-state index in [2.05, 4.69) is 35.3 Å².